The molecule has 0 fully saturated rings. The number of benzene rings is 1. The van der Waals surface area contributed by atoms with Gasteiger partial charge in [-0.25, -0.2) is 9.18 Å². The maximum atomic E-state index is 12.9. The second-order valence-electron chi connectivity index (χ2n) is 4.29. The van der Waals surface area contributed by atoms with Gasteiger partial charge < -0.3 is 15.7 Å². The number of hydrogen-bond donors (Lipinski definition) is 3. The minimum atomic E-state index is -0.904. The Morgan fingerprint density at radius 2 is 2.15 bits per heavy atom. The molecule has 0 saturated carbocycles. The van der Waals surface area contributed by atoms with Gasteiger partial charge in [0, 0.05) is 18.0 Å². The van der Waals surface area contributed by atoms with Crippen molar-refractivity contribution >= 4 is 23.6 Å². The zero-order valence-electron chi connectivity index (χ0n) is 11.0. The number of hydrogen-bond acceptors (Lipinski definition) is 2. The van der Waals surface area contributed by atoms with Crippen LogP contribution in [0.3, 0.4) is 0 Å². The van der Waals surface area contributed by atoms with Crippen LogP contribution in [-0.2, 0) is 4.79 Å². The van der Waals surface area contributed by atoms with E-state index in [4.69, 9.17) is 16.7 Å². The summed E-state index contributed by atoms with van der Waals surface area (Å²) >= 11 is 5.89. The summed E-state index contributed by atoms with van der Waals surface area (Å²) in [7, 11) is 0. The predicted octanol–water partition coefficient (Wildman–Crippen LogP) is 2.70. The lowest BCUT2D eigenvalue weighted by molar-refractivity contribution is -0.137. The lowest BCUT2D eigenvalue weighted by atomic mass is 10.1. The fourth-order valence-electron chi connectivity index (χ4n) is 1.62. The van der Waals surface area contributed by atoms with Crippen LogP contribution in [0.5, 0.6) is 0 Å². The fourth-order valence-corrected chi connectivity index (χ4v) is 1.95. The predicted molar refractivity (Wildman–Crippen MR) is 73.2 cm³/mol. The van der Waals surface area contributed by atoms with Crippen molar-refractivity contribution in [3.8, 4) is 0 Å². The summed E-state index contributed by atoms with van der Waals surface area (Å²) < 4.78 is 12.9. The monoisotopic (exact) mass is 302 g/mol. The van der Waals surface area contributed by atoms with Gasteiger partial charge in [-0.05, 0) is 31.0 Å². The van der Waals surface area contributed by atoms with Crippen molar-refractivity contribution in [2.45, 2.75) is 25.8 Å². The molecule has 5 nitrogen and oxygen atoms in total. The van der Waals surface area contributed by atoms with Gasteiger partial charge >= 0.3 is 12.0 Å². The van der Waals surface area contributed by atoms with Crippen molar-refractivity contribution in [3.63, 3.8) is 0 Å². The molecule has 1 aromatic rings. The summed E-state index contributed by atoms with van der Waals surface area (Å²) in [6, 6.07) is 3.14. The van der Waals surface area contributed by atoms with Crippen LogP contribution in [0.2, 0.25) is 5.02 Å². The number of urea groups is 1. The third-order valence-corrected chi connectivity index (χ3v) is 2.96. The topological polar surface area (TPSA) is 78.4 Å². The van der Waals surface area contributed by atoms with E-state index in [0.29, 0.717) is 12.0 Å². The first-order chi connectivity index (χ1) is 9.40. The molecule has 1 aromatic carbocycles. The molecule has 0 aliphatic heterocycles. The molecule has 0 saturated heterocycles. The molecule has 1 atom stereocenters. The summed E-state index contributed by atoms with van der Waals surface area (Å²) in [5, 5.41) is 13.9. The lowest BCUT2D eigenvalue weighted by Gasteiger charge is -2.16. The molecule has 2 amide bonds. The Hall–Kier alpha value is -1.82. The van der Waals surface area contributed by atoms with Gasteiger partial charge in [0.05, 0.1) is 6.04 Å². The second kappa shape index (κ2) is 7.69. The van der Waals surface area contributed by atoms with Crippen molar-refractivity contribution in [3.05, 3.63) is 34.6 Å². The molecular weight excluding hydrogens is 287 g/mol. The summed E-state index contributed by atoms with van der Waals surface area (Å²) in [5.74, 6) is -1.34. The Bertz CT molecular complexity index is 497. The van der Waals surface area contributed by atoms with Crippen molar-refractivity contribution in [1.82, 2.24) is 10.6 Å². The van der Waals surface area contributed by atoms with E-state index < -0.39 is 17.8 Å². The maximum Gasteiger partial charge on any atom is 0.315 e. The van der Waals surface area contributed by atoms with Gasteiger partial charge in [-0.3, -0.25) is 4.79 Å². The quantitative estimate of drug-likeness (QED) is 0.707. The Kier molecular flexibility index (Phi) is 6.24. The van der Waals surface area contributed by atoms with Gasteiger partial charge in [0.2, 0.25) is 0 Å². The highest BCUT2D eigenvalue weighted by molar-refractivity contribution is 6.31. The van der Waals surface area contributed by atoms with Crippen LogP contribution < -0.4 is 10.6 Å². The second-order valence-corrected chi connectivity index (χ2v) is 4.69. The van der Waals surface area contributed by atoms with E-state index >= 15 is 0 Å². The third kappa shape index (κ3) is 5.44. The van der Waals surface area contributed by atoms with Gasteiger partial charge in [-0.2, -0.15) is 0 Å². The van der Waals surface area contributed by atoms with Crippen molar-refractivity contribution in [2.75, 3.05) is 6.54 Å². The number of amides is 2. The summed E-state index contributed by atoms with van der Waals surface area (Å²) in [4.78, 5) is 21.9. The molecular formula is C13H16ClFN2O3. The number of carboxylic acids is 1. The van der Waals surface area contributed by atoms with Crippen molar-refractivity contribution in [1.29, 1.82) is 0 Å². The number of aliphatic carboxylic acids is 1. The van der Waals surface area contributed by atoms with Gasteiger partial charge in [0.1, 0.15) is 5.82 Å². The van der Waals surface area contributed by atoms with Crippen LogP contribution in [0.1, 0.15) is 31.4 Å². The van der Waals surface area contributed by atoms with Crippen LogP contribution in [-0.4, -0.2) is 23.7 Å². The normalized spacial score (nSPS) is 11.8. The zero-order valence-corrected chi connectivity index (χ0v) is 11.7. The summed E-state index contributed by atoms with van der Waals surface area (Å²) in [6.07, 6.45) is 0.355. The molecule has 0 aliphatic rings. The number of carboxylic acid groups (broad SMARTS) is 1. The molecule has 0 heterocycles. The first kappa shape index (κ1) is 16.2. The van der Waals surface area contributed by atoms with Gasteiger partial charge in [0.15, 0.2) is 0 Å². The minimum absolute atomic E-state index is 0.000373. The van der Waals surface area contributed by atoms with E-state index in [9.17, 15) is 14.0 Å². The van der Waals surface area contributed by atoms with Gasteiger partial charge in [0.25, 0.3) is 0 Å². The van der Waals surface area contributed by atoms with Crippen LogP contribution in [0, 0.1) is 5.82 Å². The maximum absolute atomic E-state index is 12.9. The Balaban J connectivity index is 2.43. The minimum Gasteiger partial charge on any atom is -0.481 e. The molecule has 7 heteroatoms. The molecule has 20 heavy (non-hydrogen) atoms. The fraction of sp³-hybridized carbons (Fsp3) is 0.385. The highest BCUT2D eigenvalue weighted by Gasteiger charge is 2.12. The molecule has 0 aromatic heterocycles. The first-order valence-corrected chi connectivity index (χ1v) is 6.49. The lowest BCUT2D eigenvalue weighted by Crippen LogP contribution is -2.37. The molecule has 0 bridgehead atoms. The largest absolute Gasteiger partial charge is 0.481 e. The Morgan fingerprint density at radius 3 is 2.75 bits per heavy atom. The number of halogens is 2. The first-order valence-electron chi connectivity index (χ1n) is 6.11. The van der Waals surface area contributed by atoms with Crippen molar-refractivity contribution in [2.24, 2.45) is 0 Å². The number of carbonyl (C=O) groups excluding carboxylic acids is 1. The Morgan fingerprint density at radius 1 is 1.45 bits per heavy atom. The zero-order chi connectivity index (χ0) is 15.1. The third-order valence-electron chi connectivity index (χ3n) is 2.63. The molecule has 1 rings (SSSR count). The average molecular weight is 303 g/mol. The van der Waals surface area contributed by atoms with E-state index in [0.717, 1.165) is 0 Å². The van der Waals surface area contributed by atoms with Gasteiger partial charge in [-0.15, -0.1) is 0 Å². The standard InChI is InChI=1S/C13H16ClFN2O3/c1-8(10-5-4-9(15)7-11(10)14)17-13(20)16-6-2-3-12(18)19/h4-5,7-8H,2-3,6H2,1H3,(H,18,19)(H2,16,17,20)/t8-/m0/s1. The molecule has 0 aliphatic carbocycles. The summed E-state index contributed by atoms with van der Waals surface area (Å²) in [6.45, 7) is 1.98. The highest BCUT2D eigenvalue weighted by atomic mass is 35.5. The van der Waals surface area contributed by atoms with Crippen LogP contribution >= 0.6 is 11.6 Å². The number of carbonyl (C=O) groups is 2. The Labute approximate surface area is 121 Å². The molecule has 0 unspecified atom stereocenters. The van der Waals surface area contributed by atoms with E-state index in [2.05, 4.69) is 10.6 Å². The number of nitrogens with one attached hydrogen (secondary N) is 2. The molecule has 0 spiro atoms. The van der Waals surface area contributed by atoms with Crippen LogP contribution in [0.15, 0.2) is 18.2 Å². The number of rotatable bonds is 6. The van der Waals surface area contributed by atoms with E-state index in [1.165, 1.54) is 18.2 Å². The van der Waals surface area contributed by atoms with Crippen molar-refractivity contribution < 1.29 is 19.1 Å². The van der Waals surface area contributed by atoms with E-state index in [-0.39, 0.29) is 24.0 Å². The highest BCUT2D eigenvalue weighted by Crippen LogP contribution is 2.23. The van der Waals surface area contributed by atoms with Crippen LogP contribution in [0.4, 0.5) is 9.18 Å². The van der Waals surface area contributed by atoms with Crippen LogP contribution in [0.25, 0.3) is 0 Å². The molecule has 0 radical (unpaired) electrons. The molecule has 3 N–H and O–H groups in total. The van der Waals surface area contributed by atoms with E-state index in [1.807, 2.05) is 0 Å². The summed E-state index contributed by atoms with van der Waals surface area (Å²) in [5.41, 5.74) is 0.605. The SMILES string of the molecule is C[C@H](NC(=O)NCCCC(=O)O)c1ccc(F)cc1Cl. The molecule has 110 valence electrons. The average Bonchev–Trinajstić information content (AvgIpc) is 2.34. The van der Waals surface area contributed by atoms with Gasteiger partial charge in [-0.1, -0.05) is 17.7 Å². The smallest absolute Gasteiger partial charge is 0.315 e. The van der Waals surface area contributed by atoms with E-state index in [1.54, 1.807) is 6.92 Å².